The van der Waals surface area contributed by atoms with Crippen molar-refractivity contribution >= 4 is 76.1 Å². The topological polar surface area (TPSA) is 173 Å². The van der Waals surface area contributed by atoms with Gasteiger partial charge in [0.2, 0.25) is 0 Å². The quantitative estimate of drug-likeness (QED) is 0.0749. The number of phenols is 2. The Labute approximate surface area is 417 Å². The maximum atomic E-state index is 13.6. The van der Waals surface area contributed by atoms with Crippen LogP contribution in [0.4, 0.5) is 0 Å². The Kier molecular flexibility index (Phi) is 18.1. The average molecular weight is 1000 g/mol. The minimum atomic E-state index is -1.23. The number of carboxylic acids is 2. The van der Waals surface area contributed by atoms with Gasteiger partial charge in [0.05, 0.1) is 21.2 Å². The molecule has 0 aliphatic heterocycles. The van der Waals surface area contributed by atoms with Crippen molar-refractivity contribution in [3.05, 3.63) is 62.6 Å². The van der Waals surface area contributed by atoms with Gasteiger partial charge in [-0.25, -0.2) is 9.59 Å². The van der Waals surface area contributed by atoms with E-state index in [1.165, 1.54) is 118 Å². The lowest BCUT2D eigenvalue weighted by atomic mass is 9.44. The Morgan fingerprint density at radius 2 is 1.28 bits per heavy atom. The largest absolute Gasteiger partial charge is 0.506 e. The molecule has 0 radical (unpaired) electrons. The third kappa shape index (κ3) is 11.8. The molecule has 4 aliphatic rings. The number of phenolic OH excluding ortho intramolecular Hbond substituents is 2. The minimum Gasteiger partial charge on any atom is -0.506 e. The van der Waals surface area contributed by atoms with E-state index in [4.69, 9.17) is 23.2 Å². The highest BCUT2D eigenvalue weighted by molar-refractivity contribution is 7.98. The fraction of sp³-hybridized carbons (Fsp3) is 0.660. The van der Waals surface area contributed by atoms with Crippen LogP contribution in [0.2, 0.25) is 10.0 Å². The van der Waals surface area contributed by atoms with Crippen LogP contribution in [0, 0.1) is 58.2 Å². The summed E-state index contributed by atoms with van der Waals surface area (Å²) in [5.41, 5.74) is 1.63. The molecule has 0 aromatic heterocycles. The number of hydrogen-bond acceptors (Lipinski definition) is 8. The van der Waals surface area contributed by atoms with Crippen molar-refractivity contribution in [1.82, 2.24) is 10.6 Å². The van der Waals surface area contributed by atoms with Gasteiger partial charge in [-0.2, -0.15) is 23.5 Å². The number of carboxylic acid groups (broad SMARTS) is 2. The van der Waals surface area contributed by atoms with Crippen molar-refractivity contribution in [2.24, 2.45) is 58.2 Å². The molecule has 6 N–H and O–H groups in total. The summed E-state index contributed by atoms with van der Waals surface area (Å²) in [6.07, 6.45) is 22.7. The van der Waals surface area contributed by atoms with Crippen LogP contribution in [0.25, 0.3) is 5.57 Å². The predicted octanol–water partition coefficient (Wildman–Crippen LogP) is 12.4. The number of carbonyl (C=O) groups is 4. The SMILES string of the molecule is CSCC(NC(=O)c1cc(C(=CCC[C@H]2CC[C@@]3(C)C(CCC4C3CC[C@@]3(C)C4CC[C@@H]3C(C)CCCC(C)C)C2)c2cc(Cl)c(O)c(C(=O)NC(CSC)C(=O)O)c2)cc(Cl)c1O)C(=O)O. The van der Waals surface area contributed by atoms with Gasteiger partial charge >= 0.3 is 11.9 Å². The lowest BCUT2D eigenvalue weighted by Crippen LogP contribution is -2.53. The zero-order valence-electron chi connectivity index (χ0n) is 40.5. The molecule has 67 heavy (non-hydrogen) atoms. The molecule has 0 bridgehead atoms. The second-order valence-electron chi connectivity index (χ2n) is 21.4. The molecular weight excluding hydrogens is 928 g/mol. The molecule has 2 aromatic carbocycles. The number of aromatic hydroxyl groups is 2. The monoisotopic (exact) mass is 1000 g/mol. The maximum Gasteiger partial charge on any atom is 0.327 e. The van der Waals surface area contributed by atoms with E-state index in [9.17, 15) is 39.6 Å². The van der Waals surface area contributed by atoms with Crippen molar-refractivity contribution in [2.45, 2.75) is 137 Å². The average Bonchev–Trinajstić information content (AvgIpc) is 3.63. The first-order valence-corrected chi connectivity index (χ1v) is 28.1. The number of amides is 2. The van der Waals surface area contributed by atoms with Crippen LogP contribution in [0.5, 0.6) is 11.5 Å². The number of nitrogens with one attached hydrogen (secondary N) is 2. The summed E-state index contributed by atoms with van der Waals surface area (Å²) in [6.45, 7) is 12.5. The summed E-state index contributed by atoms with van der Waals surface area (Å²) in [5, 5.41) is 46.3. The molecule has 0 heterocycles. The molecule has 0 saturated heterocycles. The summed E-state index contributed by atoms with van der Waals surface area (Å²) in [6, 6.07) is 3.40. The Morgan fingerprint density at radius 3 is 1.81 bits per heavy atom. The van der Waals surface area contributed by atoms with E-state index in [1.807, 2.05) is 6.08 Å². The number of halogens is 2. The number of aliphatic carboxylic acids is 2. The van der Waals surface area contributed by atoms with E-state index in [2.05, 4.69) is 45.3 Å². The van der Waals surface area contributed by atoms with Gasteiger partial charge in [0.25, 0.3) is 11.8 Å². The molecule has 14 heteroatoms. The minimum absolute atomic E-state index is 0.0951. The molecule has 4 saturated carbocycles. The van der Waals surface area contributed by atoms with Crippen molar-refractivity contribution < 1.29 is 39.6 Å². The molecule has 10 nitrogen and oxygen atoms in total. The molecule has 6 rings (SSSR count). The first-order valence-electron chi connectivity index (χ1n) is 24.5. The van der Waals surface area contributed by atoms with Crippen LogP contribution >= 0.6 is 46.7 Å². The Morgan fingerprint density at radius 1 is 0.746 bits per heavy atom. The summed E-state index contributed by atoms with van der Waals surface area (Å²) >= 11 is 15.7. The van der Waals surface area contributed by atoms with Crippen LogP contribution in [0.3, 0.4) is 0 Å². The molecule has 4 aliphatic carbocycles. The Bertz CT molecular complexity index is 2070. The molecule has 2 amide bonds. The van der Waals surface area contributed by atoms with Crippen molar-refractivity contribution in [3.63, 3.8) is 0 Å². The second kappa shape index (κ2) is 22.8. The van der Waals surface area contributed by atoms with Gasteiger partial charge in [0, 0.05) is 11.5 Å². The van der Waals surface area contributed by atoms with Crippen LogP contribution in [0.1, 0.15) is 156 Å². The van der Waals surface area contributed by atoms with Crippen molar-refractivity contribution in [2.75, 3.05) is 24.0 Å². The number of thioether (sulfide) groups is 2. The van der Waals surface area contributed by atoms with Crippen molar-refractivity contribution in [3.8, 4) is 11.5 Å². The van der Waals surface area contributed by atoms with Crippen LogP contribution in [0.15, 0.2) is 30.3 Å². The highest BCUT2D eigenvalue weighted by atomic mass is 35.5. The summed E-state index contributed by atoms with van der Waals surface area (Å²) < 4.78 is 0. The third-order valence-electron chi connectivity index (χ3n) is 17.0. The second-order valence-corrected chi connectivity index (χ2v) is 24.0. The maximum absolute atomic E-state index is 13.6. The van der Waals surface area contributed by atoms with Gasteiger partial charge in [-0.05, 0) is 182 Å². The van der Waals surface area contributed by atoms with Gasteiger partial charge in [0.1, 0.15) is 23.6 Å². The first kappa shape index (κ1) is 53.3. The van der Waals surface area contributed by atoms with Crippen molar-refractivity contribution in [1.29, 1.82) is 0 Å². The molecule has 0 spiro atoms. The highest BCUT2D eigenvalue weighted by Crippen LogP contribution is 2.69. The third-order valence-corrected chi connectivity index (χ3v) is 18.9. The smallest absolute Gasteiger partial charge is 0.327 e. The number of hydrogen-bond donors (Lipinski definition) is 6. The molecule has 4 fully saturated rings. The number of carbonyl (C=O) groups excluding carboxylic acids is 2. The predicted molar refractivity (Wildman–Crippen MR) is 274 cm³/mol. The molecule has 370 valence electrons. The highest BCUT2D eigenvalue weighted by Gasteiger charge is 2.60. The summed E-state index contributed by atoms with van der Waals surface area (Å²) in [7, 11) is 0. The molecular formula is C53H74Cl2N2O8S2. The molecule has 2 aromatic rings. The number of fused-ring (bicyclic) bond motifs is 5. The van der Waals surface area contributed by atoms with E-state index in [-0.39, 0.29) is 32.7 Å². The lowest BCUT2D eigenvalue weighted by Gasteiger charge is -2.61. The first-order chi connectivity index (χ1) is 31.7. The molecule has 11 atom stereocenters. The lowest BCUT2D eigenvalue weighted by molar-refractivity contribution is -0.139. The van der Waals surface area contributed by atoms with E-state index in [0.717, 1.165) is 48.3 Å². The van der Waals surface area contributed by atoms with E-state index >= 15 is 0 Å². The van der Waals surface area contributed by atoms with Gasteiger partial charge in [-0.3, -0.25) is 9.59 Å². The van der Waals surface area contributed by atoms with Gasteiger partial charge in [0.15, 0.2) is 0 Å². The van der Waals surface area contributed by atoms with Gasteiger partial charge < -0.3 is 31.1 Å². The zero-order chi connectivity index (χ0) is 49.0. The van der Waals surface area contributed by atoms with Crippen LogP contribution in [-0.2, 0) is 9.59 Å². The summed E-state index contributed by atoms with van der Waals surface area (Å²) in [4.78, 5) is 51.1. The van der Waals surface area contributed by atoms with E-state index in [1.54, 1.807) is 12.5 Å². The van der Waals surface area contributed by atoms with E-state index in [0.29, 0.717) is 45.8 Å². The van der Waals surface area contributed by atoms with Crippen LogP contribution in [-0.4, -0.2) is 80.3 Å². The van der Waals surface area contributed by atoms with E-state index < -0.39 is 47.3 Å². The van der Waals surface area contributed by atoms with Crippen LogP contribution < -0.4 is 10.6 Å². The number of benzene rings is 2. The van der Waals surface area contributed by atoms with Gasteiger partial charge in [-0.1, -0.05) is 83.2 Å². The Hall–Kier alpha value is -3.06. The number of rotatable bonds is 20. The summed E-state index contributed by atoms with van der Waals surface area (Å²) in [5.74, 6) is 1.05. The number of allylic oxidation sites excluding steroid dienone is 1. The fourth-order valence-electron chi connectivity index (χ4n) is 13.5. The standard InChI is InChI=1S/C53H74Cl2N2O8S2/c1-29(2)10-8-11-30(3)39-16-17-40-36-15-14-34-22-31(18-20-52(34,4)41(36)19-21-53(39,40)5)12-9-13-35(32-23-37(46(58)42(54)25-32)48(60)56-44(27-66-6)50(62)63)33-24-38(47(59)43(55)26-33)49(61)57-45(28-67-7)51(64)65/h13,23-26,29-31,34,36,39-41,44-45,58-59H,8-12,14-22,27-28H2,1-7H3,(H,56,60)(H,57,61)(H,62,63)(H,64,65)/t30?,31-,34?,36?,39+,40?,41?,44?,45?,52-,53+/m0/s1. The van der Waals surface area contributed by atoms with Gasteiger partial charge in [-0.15, -0.1) is 0 Å². The molecule has 7 unspecified atom stereocenters. The zero-order valence-corrected chi connectivity index (χ0v) is 43.6. The fourth-order valence-corrected chi connectivity index (χ4v) is 15.1. The normalized spacial score (nSPS) is 28.0. The Balaban J connectivity index is 1.25.